The van der Waals surface area contributed by atoms with Crippen molar-refractivity contribution in [1.29, 1.82) is 0 Å². The highest BCUT2D eigenvalue weighted by Gasteiger charge is 2.30. The molecule has 1 atom stereocenters. The van der Waals surface area contributed by atoms with E-state index in [0.29, 0.717) is 6.54 Å². The monoisotopic (exact) mass is 255 g/mol. The van der Waals surface area contributed by atoms with Gasteiger partial charge in [-0.3, -0.25) is 20.2 Å². The van der Waals surface area contributed by atoms with Gasteiger partial charge in [-0.1, -0.05) is 6.92 Å². The van der Waals surface area contributed by atoms with Crippen molar-refractivity contribution in [2.75, 3.05) is 20.1 Å². The number of nitrogens with one attached hydrogen (secondary N) is 3. The molecule has 0 aliphatic heterocycles. The summed E-state index contributed by atoms with van der Waals surface area (Å²) in [6.07, 6.45) is -4.76. The summed E-state index contributed by atoms with van der Waals surface area (Å²) in [4.78, 5) is 22.5. The molecule has 0 fully saturated rings. The number of hydrogen-bond acceptors (Lipinski definition) is 4. The predicted octanol–water partition coefficient (Wildman–Crippen LogP) is -0.221. The quantitative estimate of drug-likeness (QED) is 0.434. The van der Waals surface area contributed by atoms with Crippen molar-refractivity contribution >= 4 is 11.7 Å². The number of alkyl halides is 3. The Balaban J connectivity index is 4.22. The van der Waals surface area contributed by atoms with Crippen LogP contribution >= 0.6 is 0 Å². The largest absolute Gasteiger partial charge is 0.405 e. The van der Waals surface area contributed by atoms with E-state index in [-0.39, 0.29) is 0 Å². The van der Waals surface area contributed by atoms with E-state index < -0.39 is 30.6 Å². The average molecular weight is 255 g/mol. The maximum absolute atomic E-state index is 11.8. The molecule has 0 radical (unpaired) electrons. The van der Waals surface area contributed by atoms with E-state index in [1.54, 1.807) is 0 Å². The topological polar surface area (TPSA) is 70.2 Å². The molecule has 100 valence electrons. The lowest BCUT2D eigenvalue weighted by molar-refractivity contribution is -0.146. The van der Waals surface area contributed by atoms with Crippen molar-refractivity contribution in [2.45, 2.75) is 25.7 Å². The summed E-state index contributed by atoms with van der Waals surface area (Å²) >= 11 is 0. The summed E-state index contributed by atoms with van der Waals surface area (Å²) in [6.45, 7) is 0.819. The fraction of sp³-hybridized carbons (Fsp3) is 0.778. The molecule has 17 heavy (non-hydrogen) atoms. The molecule has 0 spiro atoms. The lowest BCUT2D eigenvalue weighted by atomic mass is 10.2. The van der Waals surface area contributed by atoms with Crippen LogP contribution in [0.3, 0.4) is 0 Å². The SMILES string of the molecule is CCCNC(NC)C(=O)C(=O)NCC(F)(F)F. The highest BCUT2D eigenvalue weighted by molar-refractivity contribution is 6.38. The molecule has 0 bridgehead atoms. The average Bonchev–Trinajstić information content (AvgIpc) is 2.25. The third-order valence-corrected chi connectivity index (χ3v) is 1.82. The molecule has 0 rings (SSSR count). The maximum atomic E-state index is 11.8. The molecule has 3 N–H and O–H groups in total. The first-order valence-corrected chi connectivity index (χ1v) is 5.11. The van der Waals surface area contributed by atoms with Gasteiger partial charge in [-0.2, -0.15) is 13.2 Å². The molecule has 8 heteroatoms. The van der Waals surface area contributed by atoms with E-state index in [9.17, 15) is 22.8 Å². The Hall–Kier alpha value is -1.15. The standard InChI is InChI=1S/C9H16F3N3O2/c1-3-4-14-7(13-2)6(16)8(17)15-5-9(10,11)12/h7,13-14H,3-5H2,1-2H3,(H,15,17). The number of amides is 1. The van der Waals surface area contributed by atoms with Gasteiger partial charge in [-0.05, 0) is 20.0 Å². The molecule has 0 aromatic heterocycles. The van der Waals surface area contributed by atoms with E-state index in [0.717, 1.165) is 6.42 Å². The molecule has 0 heterocycles. The van der Waals surface area contributed by atoms with Gasteiger partial charge in [0, 0.05) is 0 Å². The lowest BCUT2D eigenvalue weighted by Crippen LogP contribution is -2.53. The van der Waals surface area contributed by atoms with Gasteiger partial charge in [0.1, 0.15) is 12.7 Å². The van der Waals surface area contributed by atoms with Crippen LogP contribution < -0.4 is 16.0 Å². The zero-order valence-corrected chi connectivity index (χ0v) is 9.65. The minimum Gasteiger partial charge on any atom is -0.340 e. The van der Waals surface area contributed by atoms with Crippen molar-refractivity contribution in [1.82, 2.24) is 16.0 Å². The zero-order valence-electron chi connectivity index (χ0n) is 9.65. The number of ketones is 1. The number of carbonyl (C=O) groups is 2. The Morgan fingerprint density at radius 1 is 1.29 bits per heavy atom. The molecule has 0 aliphatic carbocycles. The Bertz CT molecular complexity index is 269. The van der Waals surface area contributed by atoms with Crippen molar-refractivity contribution < 1.29 is 22.8 Å². The highest BCUT2D eigenvalue weighted by atomic mass is 19.4. The number of Topliss-reactive ketones (excluding diaryl/α,β-unsaturated/α-hetero) is 1. The summed E-state index contributed by atoms with van der Waals surface area (Å²) in [5, 5.41) is 6.73. The van der Waals surface area contributed by atoms with Crippen molar-refractivity contribution in [2.24, 2.45) is 0 Å². The van der Waals surface area contributed by atoms with E-state index in [1.165, 1.54) is 12.4 Å². The van der Waals surface area contributed by atoms with Gasteiger partial charge in [0.15, 0.2) is 0 Å². The van der Waals surface area contributed by atoms with Crippen molar-refractivity contribution in [3.8, 4) is 0 Å². The van der Waals surface area contributed by atoms with E-state index in [4.69, 9.17) is 0 Å². The molecule has 0 aromatic rings. The van der Waals surface area contributed by atoms with Gasteiger partial charge in [0.25, 0.3) is 11.7 Å². The minimum absolute atomic E-state index is 0.476. The molecule has 0 aromatic carbocycles. The van der Waals surface area contributed by atoms with Crippen LogP contribution in [0.25, 0.3) is 0 Å². The number of likely N-dealkylation sites (N-methyl/N-ethyl adjacent to an activating group) is 1. The first-order valence-electron chi connectivity index (χ1n) is 5.11. The maximum Gasteiger partial charge on any atom is 0.405 e. The molecule has 1 amide bonds. The molecule has 0 saturated carbocycles. The molecular formula is C9H16F3N3O2. The second kappa shape index (κ2) is 7.23. The van der Waals surface area contributed by atoms with Gasteiger partial charge >= 0.3 is 6.18 Å². The van der Waals surface area contributed by atoms with Gasteiger partial charge in [-0.25, -0.2) is 0 Å². The second-order valence-electron chi connectivity index (χ2n) is 3.34. The molecule has 0 aliphatic rings. The van der Waals surface area contributed by atoms with E-state index in [1.807, 2.05) is 6.92 Å². The fourth-order valence-electron chi connectivity index (χ4n) is 1.01. The van der Waals surface area contributed by atoms with Crippen LogP contribution in [0, 0.1) is 0 Å². The number of halogens is 3. The Morgan fingerprint density at radius 2 is 1.88 bits per heavy atom. The van der Waals surface area contributed by atoms with Crippen LogP contribution in [0.1, 0.15) is 13.3 Å². The number of rotatable bonds is 7. The number of carbonyl (C=O) groups excluding carboxylic acids is 2. The third kappa shape index (κ3) is 6.90. The van der Waals surface area contributed by atoms with Crippen LogP contribution in [0.5, 0.6) is 0 Å². The Morgan fingerprint density at radius 3 is 2.29 bits per heavy atom. The number of hydrogen-bond donors (Lipinski definition) is 3. The first-order chi connectivity index (χ1) is 7.81. The summed E-state index contributed by atoms with van der Waals surface area (Å²) in [7, 11) is 1.43. The van der Waals surface area contributed by atoms with Gasteiger partial charge in [-0.15, -0.1) is 0 Å². The van der Waals surface area contributed by atoms with Crippen LogP contribution in [0.2, 0.25) is 0 Å². The highest BCUT2D eigenvalue weighted by Crippen LogP contribution is 2.11. The fourth-order valence-corrected chi connectivity index (χ4v) is 1.01. The molecule has 0 saturated heterocycles. The summed E-state index contributed by atoms with van der Waals surface area (Å²) < 4.78 is 35.4. The van der Waals surface area contributed by atoms with Gasteiger partial charge in [0.05, 0.1) is 0 Å². The van der Waals surface area contributed by atoms with Crippen LogP contribution in [-0.4, -0.2) is 44.2 Å². The molecule has 1 unspecified atom stereocenters. The van der Waals surface area contributed by atoms with E-state index >= 15 is 0 Å². The van der Waals surface area contributed by atoms with Crippen LogP contribution in [-0.2, 0) is 9.59 Å². The summed E-state index contributed by atoms with van der Waals surface area (Å²) in [5.41, 5.74) is 0. The van der Waals surface area contributed by atoms with Crippen molar-refractivity contribution in [3.05, 3.63) is 0 Å². The minimum atomic E-state index is -4.53. The Labute approximate surface area is 97.1 Å². The van der Waals surface area contributed by atoms with Gasteiger partial charge < -0.3 is 5.32 Å². The molecule has 5 nitrogen and oxygen atoms in total. The van der Waals surface area contributed by atoms with Crippen molar-refractivity contribution in [3.63, 3.8) is 0 Å². The zero-order chi connectivity index (χ0) is 13.5. The first kappa shape index (κ1) is 15.9. The molecular weight excluding hydrogens is 239 g/mol. The predicted molar refractivity (Wildman–Crippen MR) is 55.2 cm³/mol. The summed E-state index contributed by atoms with van der Waals surface area (Å²) in [5.74, 6) is -2.23. The third-order valence-electron chi connectivity index (χ3n) is 1.82. The second-order valence-corrected chi connectivity index (χ2v) is 3.34. The van der Waals surface area contributed by atoms with Gasteiger partial charge in [0.2, 0.25) is 0 Å². The normalized spacial score (nSPS) is 13.2. The lowest BCUT2D eigenvalue weighted by Gasteiger charge is -2.16. The summed E-state index contributed by atoms with van der Waals surface area (Å²) in [6, 6.07) is 0. The van der Waals surface area contributed by atoms with Crippen LogP contribution in [0.4, 0.5) is 13.2 Å². The van der Waals surface area contributed by atoms with E-state index in [2.05, 4.69) is 10.6 Å². The Kier molecular flexibility index (Phi) is 6.74. The van der Waals surface area contributed by atoms with Crippen LogP contribution in [0.15, 0.2) is 0 Å². The smallest absolute Gasteiger partial charge is 0.340 e.